The van der Waals surface area contributed by atoms with Crippen LogP contribution in [-0.2, 0) is 6.42 Å². The van der Waals surface area contributed by atoms with Crippen molar-refractivity contribution in [2.24, 2.45) is 11.1 Å². The van der Waals surface area contributed by atoms with Gasteiger partial charge < -0.3 is 10.6 Å². The summed E-state index contributed by atoms with van der Waals surface area (Å²) < 4.78 is 2.00. The number of nitrogens with two attached hydrogens (primary N) is 1. The number of fused-ring (bicyclic) bond motifs is 2. The van der Waals surface area contributed by atoms with Gasteiger partial charge >= 0.3 is 0 Å². The maximum Gasteiger partial charge on any atom is 0.155 e. The smallest absolute Gasteiger partial charge is 0.155 e. The second-order valence-corrected chi connectivity index (χ2v) is 10.8. The fraction of sp³-hybridized carbons (Fsp3) is 0.407. The molecule has 178 valence electrons. The Labute approximate surface area is 209 Å². The topological polar surface area (TPSA) is 85.2 Å². The number of piperidine rings is 1. The Bertz CT molecular complexity index is 1450. The first-order chi connectivity index (χ1) is 17.1. The number of anilines is 1. The van der Waals surface area contributed by atoms with Crippen molar-refractivity contribution in [1.29, 1.82) is 0 Å². The molecule has 8 heteroatoms. The van der Waals surface area contributed by atoms with E-state index >= 15 is 0 Å². The lowest BCUT2D eigenvalue weighted by Crippen LogP contribution is -2.44. The van der Waals surface area contributed by atoms with Crippen LogP contribution in [0.2, 0.25) is 5.02 Å². The molecule has 2 N–H and O–H groups in total. The highest BCUT2D eigenvalue weighted by Crippen LogP contribution is 2.51. The van der Waals surface area contributed by atoms with Gasteiger partial charge in [-0.15, -0.1) is 0 Å². The highest BCUT2D eigenvalue weighted by atomic mass is 35.5. The summed E-state index contributed by atoms with van der Waals surface area (Å²) in [6.45, 7) is 3.88. The van der Waals surface area contributed by atoms with E-state index in [0.29, 0.717) is 5.92 Å². The molecular formula is C27H28ClN7. The molecule has 5 heterocycles. The van der Waals surface area contributed by atoms with Crippen LogP contribution < -0.4 is 10.6 Å². The summed E-state index contributed by atoms with van der Waals surface area (Å²) in [4.78, 5) is 16.7. The molecule has 0 amide bonds. The van der Waals surface area contributed by atoms with Crippen LogP contribution in [0.1, 0.15) is 60.3 Å². The van der Waals surface area contributed by atoms with Crippen LogP contribution in [-0.4, -0.2) is 37.7 Å². The summed E-state index contributed by atoms with van der Waals surface area (Å²) >= 11 is 6.87. The van der Waals surface area contributed by atoms with Gasteiger partial charge in [-0.2, -0.15) is 5.10 Å². The van der Waals surface area contributed by atoms with Crippen molar-refractivity contribution < 1.29 is 0 Å². The molecule has 1 aliphatic heterocycles. The number of halogens is 1. The van der Waals surface area contributed by atoms with Gasteiger partial charge in [0, 0.05) is 48.7 Å². The lowest BCUT2D eigenvalue weighted by molar-refractivity contribution is 0.187. The summed E-state index contributed by atoms with van der Waals surface area (Å²) in [5.74, 6) is 1.46. The lowest BCUT2D eigenvalue weighted by Gasteiger charge is -2.42. The fourth-order valence-electron chi connectivity index (χ4n) is 6.21. The first-order valence-corrected chi connectivity index (χ1v) is 12.9. The van der Waals surface area contributed by atoms with E-state index < -0.39 is 0 Å². The van der Waals surface area contributed by atoms with Gasteiger partial charge in [0.1, 0.15) is 5.52 Å². The molecule has 7 nitrogen and oxygen atoms in total. The lowest BCUT2D eigenvalue weighted by atomic mass is 9.73. The second kappa shape index (κ2) is 7.73. The van der Waals surface area contributed by atoms with E-state index in [2.05, 4.69) is 20.9 Å². The minimum Gasteiger partial charge on any atom is -0.355 e. The molecule has 1 spiro atoms. The van der Waals surface area contributed by atoms with Gasteiger partial charge in [0.2, 0.25) is 0 Å². The second-order valence-electron chi connectivity index (χ2n) is 10.4. The van der Waals surface area contributed by atoms with Crippen molar-refractivity contribution in [3.63, 3.8) is 0 Å². The molecular weight excluding hydrogens is 458 g/mol. The van der Waals surface area contributed by atoms with Crippen molar-refractivity contribution in [2.75, 3.05) is 18.0 Å². The van der Waals surface area contributed by atoms with Crippen LogP contribution >= 0.6 is 11.6 Å². The third kappa shape index (κ3) is 3.21. The Morgan fingerprint density at radius 1 is 1.06 bits per heavy atom. The number of nitrogens with zero attached hydrogens (tertiary/aromatic N) is 6. The van der Waals surface area contributed by atoms with Crippen LogP contribution in [0, 0.1) is 12.3 Å². The van der Waals surface area contributed by atoms with Crippen LogP contribution in [0.4, 0.5) is 5.82 Å². The van der Waals surface area contributed by atoms with E-state index in [1.165, 1.54) is 11.3 Å². The van der Waals surface area contributed by atoms with E-state index in [1.54, 1.807) is 0 Å². The molecule has 2 aliphatic carbocycles. The van der Waals surface area contributed by atoms with Crippen molar-refractivity contribution in [3.8, 4) is 11.3 Å². The van der Waals surface area contributed by atoms with E-state index in [9.17, 15) is 0 Å². The monoisotopic (exact) mass is 485 g/mol. The Morgan fingerprint density at radius 2 is 1.89 bits per heavy atom. The average molecular weight is 486 g/mol. The number of hydrogen-bond donors (Lipinski definition) is 1. The minimum atomic E-state index is 0.0508. The third-order valence-electron chi connectivity index (χ3n) is 8.33. The van der Waals surface area contributed by atoms with Crippen LogP contribution in [0.3, 0.4) is 0 Å². The zero-order valence-corrected chi connectivity index (χ0v) is 20.5. The van der Waals surface area contributed by atoms with Crippen molar-refractivity contribution in [3.05, 3.63) is 70.5 Å². The van der Waals surface area contributed by atoms with Crippen LogP contribution in [0.25, 0.3) is 16.8 Å². The number of rotatable bonds is 3. The average Bonchev–Trinajstić information content (AvgIpc) is 3.53. The summed E-state index contributed by atoms with van der Waals surface area (Å²) in [6, 6.07) is 8.23. The number of pyridine rings is 2. The predicted octanol–water partition coefficient (Wildman–Crippen LogP) is 4.87. The van der Waals surface area contributed by atoms with Crippen LogP contribution in [0.15, 0.2) is 42.9 Å². The summed E-state index contributed by atoms with van der Waals surface area (Å²) in [6.07, 6.45) is 10.9. The van der Waals surface area contributed by atoms with Crippen molar-refractivity contribution in [2.45, 2.75) is 51.0 Å². The molecule has 35 heavy (non-hydrogen) atoms. The quantitative estimate of drug-likeness (QED) is 0.445. The minimum absolute atomic E-state index is 0.0508. The number of aryl methyl sites for hydroxylation is 1. The highest BCUT2D eigenvalue weighted by molar-refractivity contribution is 6.34. The maximum absolute atomic E-state index is 6.87. The van der Waals surface area contributed by atoms with Gasteiger partial charge in [-0.1, -0.05) is 17.7 Å². The molecule has 2 fully saturated rings. The maximum atomic E-state index is 6.87. The molecule has 0 radical (unpaired) electrons. The first-order valence-electron chi connectivity index (χ1n) is 12.5. The molecule has 1 saturated heterocycles. The van der Waals surface area contributed by atoms with E-state index in [1.807, 2.05) is 48.2 Å². The molecule has 1 atom stereocenters. The third-order valence-corrected chi connectivity index (χ3v) is 8.73. The molecule has 7 rings (SSSR count). The van der Waals surface area contributed by atoms with Gasteiger partial charge in [0.15, 0.2) is 5.82 Å². The molecule has 1 saturated carbocycles. The standard InChI is InChI=1S/C27H28ClN7/c1-16-24(19-6-11-31-23(22(19)28)17-4-5-17)35-21(7-12-32-35)26(33-16)34-13-8-27(9-14-34)15-20-18(25(27)29)3-2-10-30-20/h2-3,6-7,10-12,17,25H,4-5,8-9,13-15,29H2,1H3/t25-/m1/s1. The zero-order chi connectivity index (χ0) is 23.7. The predicted molar refractivity (Wildman–Crippen MR) is 137 cm³/mol. The number of aromatic nitrogens is 5. The summed E-state index contributed by atoms with van der Waals surface area (Å²) in [5, 5.41) is 5.42. The van der Waals surface area contributed by atoms with E-state index in [0.717, 1.165) is 84.2 Å². The van der Waals surface area contributed by atoms with Crippen LogP contribution in [0.5, 0.6) is 0 Å². The summed E-state index contributed by atoms with van der Waals surface area (Å²) in [5.41, 5.74) is 14.1. The molecule has 0 aromatic carbocycles. The Morgan fingerprint density at radius 3 is 2.66 bits per heavy atom. The van der Waals surface area contributed by atoms with E-state index in [-0.39, 0.29) is 11.5 Å². The zero-order valence-electron chi connectivity index (χ0n) is 19.8. The molecule has 3 aliphatic rings. The van der Waals surface area contributed by atoms with Gasteiger partial charge in [0.25, 0.3) is 0 Å². The molecule has 4 aromatic heterocycles. The SMILES string of the molecule is Cc1nc(N2CCC3(CC2)Cc2ncccc2[C@H]3N)c2ccnn2c1-c1ccnc(C2CC2)c1Cl. The van der Waals surface area contributed by atoms with Gasteiger partial charge in [-0.05, 0) is 68.2 Å². The Hall–Kier alpha value is -3.03. The first kappa shape index (κ1) is 21.3. The van der Waals surface area contributed by atoms with Gasteiger partial charge in [0.05, 0.1) is 28.3 Å². The highest BCUT2D eigenvalue weighted by Gasteiger charge is 2.46. The Kier molecular flexibility index (Phi) is 4.70. The normalized spacial score (nSPS) is 21.1. The van der Waals surface area contributed by atoms with Gasteiger partial charge in [-0.25, -0.2) is 9.50 Å². The van der Waals surface area contributed by atoms with Crippen molar-refractivity contribution >= 4 is 22.9 Å². The van der Waals surface area contributed by atoms with Crippen molar-refractivity contribution in [1.82, 2.24) is 24.6 Å². The molecule has 0 bridgehead atoms. The van der Waals surface area contributed by atoms with Gasteiger partial charge in [-0.3, -0.25) is 9.97 Å². The molecule has 0 unspecified atom stereocenters. The largest absolute Gasteiger partial charge is 0.355 e. The van der Waals surface area contributed by atoms with E-state index in [4.69, 9.17) is 27.4 Å². The molecule has 4 aromatic rings. The number of hydrogen-bond acceptors (Lipinski definition) is 6. The summed E-state index contributed by atoms with van der Waals surface area (Å²) in [7, 11) is 0. The fourth-order valence-corrected chi connectivity index (χ4v) is 6.56. The Balaban J connectivity index is 1.23.